The molecule has 0 heterocycles. The Morgan fingerprint density at radius 2 is 1.71 bits per heavy atom. The maximum absolute atomic E-state index is 9.78. The van der Waals surface area contributed by atoms with E-state index in [2.05, 4.69) is 6.92 Å². The Labute approximate surface area is 107 Å². The van der Waals surface area contributed by atoms with Crippen LogP contribution in [0.4, 0.5) is 0 Å². The van der Waals surface area contributed by atoms with Crippen molar-refractivity contribution in [3.8, 4) is 0 Å². The molecule has 17 heavy (non-hydrogen) atoms. The lowest BCUT2D eigenvalue weighted by Gasteiger charge is -2.41. The number of aliphatic hydroxyl groups excluding tert-OH is 1. The van der Waals surface area contributed by atoms with Crippen LogP contribution in [0.3, 0.4) is 0 Å². The first-order valence-corrected chi connectivity index (χ1v) is 7.97. The largest absolute Gasteiger partial charge is 0.393 e. The van der Waals surface area contributed by atoms with Crippen LogP contribution in [0.5, 0.6) is 0 Å². The van der Waals surface area contributed by atoms with E-state index in [4.69, 9.17) is 0 Å². The summed E-state index contributed by atoms with van der Waals surface area (Å²) in [5, 5.41) is 9.78. The summed E-state index contributed by atoms with van der Waals surface area (Å²) in [5.74, 6) is 2.81. The molecule has 2 saturated carbocycles. The molecule has 1 N–H and O–H groups in total. The molecule has 0 aliphatic heterocycles. The van der Waals surface area contributed by atoms with E-state index in [1.54, 1.807) is 0 Å². The molecule has 2 fully saturated rings. The van der Waals surface area contributed by atoms with Crippen LogP contribution in [0.25, 0.3) is 0 Å². The Kier molecular flexibility index (Phi) is 5.34. The van der Waals surface area contributed by atoms with Crippen molar-refractivity contribution < 1.29 is 5.11 Å². The molecule has 4 atom stereocenters. The number of hydrogen-bond acceptors (Lipinski definition) is 1. The third-order valence-corrected chi connectivity index (χ3v) is 5.16. The van der Waals surface area contributed by atoms with Gasteiger partial charge in [0.2, 0.25) is 0 Å². The van der Waals surface area contributed by atoms with E-state index in [1.807, 2.05) is 0 Å². The monoisotopic (exact) mass is 238 g/mol. The maximum atomic E-state index is 9.78. The fourth-order valence-electron chi connectivity index (χ4n) is 4.09. The van der Waals surface area contributed by atoms with E-state index < -0.39 is 0 Å². The molecule has 0 spiro atoms. The molecule has 0 radical (unpaired) electrons. The van der Waals surface area contributed by atoms with E-state index in [0.29, 0.717) is 0 Å². The second-order valence-electron chi connectivity index (χ2n) is 6.52. The van der Waals surface area contributed by atoms with Gasteiger partial charge < -0.3 is 5.11 Å². The number of hydrogen-bond donors (Lipinski definition) is 1. The Hall–Kier alpha value is -0.0400. The molecule has 1 nitrogen and oxygen atoms in total. The van der Waals surface area contributed by atoms with Gasteiger partial charge in [0.05, 0.1) is 6.10 Å². The van der Waals surface area contributed by atoms with E-state index in [-0.39, 0.29) is 6.10 Å². The summed E-state index contributed by atoms with van der Waals surface area (Å²) in [4.78, 5) is 0. The van der Waals surface area contributed by atoms with Crippen molar-refractivity contribution in [2.24, 2.45) is 17.8 Å². The number of rotatable bonds is 5. The highest BCUT2D eigenvalue weighted by atomic mass is 16.3. The molecular formula is C16H30O. The van der Waals surface area contributed by atoms with E-state index >= 15 is 0 Å². The minimum atomic E-state index is 0.0232. The van der Waals surface area contributed by atoms with Crippen molar-refractivity contribution in [3.63, 3.8) is 0 Å². The van der Waals surface area contributed by atoms with Crippen molar-refractivity contribution in [2.45, 2.75) is 83.7 Å². The predicted octanol–water partition coefficient (Wildman–Crippen LogP) is 4.53. The molecule has 2 aliphatic carbocycles. The average molecular weight is 238 g/mol. The van der Waals surface area contributed by atoms with Gasteiger partial charge >= 0.3 is 0 Å². The lowest BCUT2D eigenvalue weighted by molar-refractivity contribution is 0.0331. The second-order valence-corrected chi connectivity index (χ2v) is 6.52. The van der Waals surface area contributed by atoms with Crippen LogP contribution in [0.2, 0.25) is 0 Å². The highest BCUT2D eigenvalue weighted by Crippen LogP contribution is 2.44. The Balaban J connectivity index is 1.68. The van der Waals surface area contributed by atoms with Crippen LogP contribution < -0.4 is 0 Å². The maximum Gasteiger partial charge on any atom is 0.0543 e. The van der Waals surface area contributed by atoms with Crippen LogP contribution in [0.1, 0.15) is 77.6 Å². The summed E-state index contributed by atoms with van der Waals surface area (Å²) in [6.45, 7) is 2.29. The van der Waals surface area contributed by atoms with Crippen LogP contribution in [-0.4, -0.2) is 11.2 Å². The zero-order valence-corrected chi connectivity index (χ0v) is 11.5. The summed E-state index contributed by atoms with van der Waals surface area (Å²) >= 11 is 0. The Bertz CT molecular complexity index is 214. The van der Waals surface area contributed by atoms with Crippen molar-refractivity contribution >= 4 is 0 Å². The zero-order valence-electron chi connectivity index (χ0n) is 11.5. The van der Waals surface area contributed by atoms with Gasteiger partial charge in [0.15, 0.2) is 0 Å². The first-order valence-electron chi connectivity index (χ1n) is 7.97. The Morgan fingerprint density at radius 3 is 2.53 bits per heavy atom. The SMILES string of the molecule is CCCCCCC1CCC2CCC(O)CC2C1. The zero-order chi connectivity index (χ0) is 12.1. The normalized spacial score (nSPS) is 37.8. The van der Waals surface area contributed by atoms with Crippen molar-refractivity contribution in [1.29, 1.82) is 0 Å². The predicted molar refractivity (Wildman–Crippen MR) is 72.9 cm³/mol. The molecule has 2 rings (SSSR count). The highest BCUT2D eigenvalue weighted by Gasteiger charge is 2.34. The quantitative estimate of drug-likeness (QED) is 0.697. The molecule has 2 aliphatic rings. The third-order valence-electron chi connectivity index (χ3n) is 5.16. The summed E-state index contributed by atoms with van der Waals surface area (Å²) < 4.78 is 0. The topological polar surface area (TPSA) is 20.2 Å². The summed E-state index contributed by atoms with van der Waals surface area (Å²) in [7, 11) is 0. The molecule has 4 unspecified atom stereocenters. The van der Waals surface area contributed by atoms with Gasteiger partial charge in [-0.05, 0) is 49.9 Å². The lowest BCUT2D eigenvalue weighted by atomic mass is 9.66. The van der Waals surface area contributed by atoms with Crippen LogP contribution in [0.15, 0.2) is 0 Å². The van der Waals surface area contributed by atoms with Gasteiger partial charge in [-0.25, -0.2) is 0 Å². The number of fused-ring (bicyclic) bond motifs is 1. The van der Waals surface area contributed by atoms with E-state index in [0.717, 1.165) is 30.6 Å². The number of unbranched alkanes of at least 4 members (excludes halogenated alkanes) is 3. The molecule has 100 valence electrons. The molecule has 0 saturated heterocycles. The van der Waals surface area contributed by atoms with Gasteiger partial charge in [-0.15, -0.1) is 0 Å². The third kappa shape index (κ3) is 3.98. The van der Waals surface area contributed by atoms with Gasteiger partial charge in [-0.1, -0.05) is 45.4 Å². The van der Waals surface area contributed by atoms with Gasteiger partial charge in [-0.2, -0.15) is 0 Å². The second kappa shape index (κ2) is 6.78. The van der Waals surface area contributed by atoms with Crippen molar-refractivity contribution in [2.75, 3.05) is 0 Å². The van der Waals surface area contributed by atoms with Crippen LogP contribution in [0, 0.1) is 17.8 Å². The van der Waals surface area contributed by atoms with Gasteiger partial charge in [0, 0.05) is 0 Å². The van der Waals surface area contributed by atoms with Gasteiger partial charge in [0.1, 0.15) is 0 Å². The molecule has 0 aromatic rings. The molecule has 0 bridgehead atoms. The van der Waals surface area contributed by atoms with Crippen molar-refractivity contribution in [3.05, 3.63) is 0 Å². The van der Waals surface area contributed by atoms with E-state index in [9.17, 15) is 5.11 Å². The van der Waals surface area contributed by atoms with Crippen LogP contribution >= 0.6 is 0 Å². The van der Waals surface area contributed by atoms with Crippen molar-refractivity contribution in [1.82, 2.24) is 0 Å². The van der Waals surface area contributed by atoms with E-state index in [1.165, 1.54) is 57.8 Å². The fourth-order valence-corrected chi connectivity index (χ4v) is 4.09. The molecule has 0 aromatic carbocycles. The first-order chi connectivity index (χ1) is 8.29. The molecule has 0 amide bonds. The molecule has 0 aromatic heterocycles. The molecular weight excluding hydrogens is 208 g/mol. The highest BCUT2D eigenvalue weighted by molar-refractivity contribution is 4.85. The summed E-state index contributed by atoms with van der Waals surface area (Å²) in [6.07, 6.45) is 15.0. The molecule has 1 heteroatoms. The smallest absolute Gasteiger partial charge is 0.0543 e. The summed E-state index contributed by atoms with van der Waals surface area (Å²) in [6, 6.07) is 0. The standard InChI is InChI=1S/C16H30O/c1-2-3-4-5-6-13-7-8-14-9-10-16(17)12-15(14)11-13/h13-17H,2-12H2,1H3. The Morgan fingerprint density at radius 1 is 0.882 bits per heavy atom. The number of aliphatic hydroxyl groups is 1. The minimum Gasteiger partial charge on any atom is -0.393 e. The average Bonchev–Trinajstić information content (AvgIpc) is 2.34. The first kappa shape index (κ1) is 13.4. The lowest BCUT2D eigenvalue weighted by Crippen LogP contribution is -2.33. The van der Waals surface area contributed by atoms with Crippen LogP contribution in [-0.2, 0) is 0 Å². The summed E-state index contributed by atoms with van der Waals surface area (Å²) in [5.41, 5.74) is 0. The van der Waals surface area contributed by atoms with Gasteiger partial charge in [0.25, 0.3) is 0 Å². The van der Waals surface area contributed by atoms with Gasteiger partial charge in [-0.3, -0.25) is 0 Å². The minimum absolute atomic E-state index is 0.0232. The fraction of sp³-hybridized carbons (Fsp3) is 1.00.